The van der Waals surface area contributed by atoms with E-state index >= 15 is 0 Å². The number of carbonyl (C=O) groups excluding carboxylic acids is 1. The van der Waals surface area contributed by atoms with Gasteiger partial charge in [-0.15, -0.1) is 0 Å². The van der Waals surface area contributed by atoms with E-state index in [1.807, 2.05) is 0 Å². The van der Waals surface area contributed by atoms with E-state index in [-0.39, 0.29) is 5.91 Å². The third kappa shape index (κ3) is 15.4. The Morgan fingerprint density at radius 1 is 0.769 bits per heavy atom. The van der Waals surface area contributed by atoms with Crippen LogP contribution in [0.2, 0.25) is 0 Å². The molecule has 1 heterocycles. The van der Waals surface area contributed by atoms with E-state index in [1.165, 1.54) is 103 Å². The normalized spacial score (nSPS) is 15.7. The zero-order valence-electron chi connectivity index (χ0n) is 17.0. The first-order valence-electron chi connectivity index (χ1n) is 11.2. The van der Waals surface area contributed by atoms with Crippen molar-refractivity contribution in [2.45, 2.75) is 89.9 Å². The first-order valence-corrected chi connectivity index (χ1v) is 11.2. The fourth-order valence-corrected chi connectivity index (χ4v) is 3.57. The largest absolute Gasteiger partial charge is 0.370 e. The molecule has 0 saturated carbocycles. The number of hydrogen-bond donors (Lipinski definition) is 2. The molecule has 0 bridgehead atoms. The molecule has 1 amide bonds. The molecule has 0 atom stereocenters. The Bertz CT molecular complexity index is 351. The Balaban J connectivity index is 1.72. The summed E-state index contributed by atoms with van der Waals surface area (Å²) in [5.74, 6) is -0.164. The number of rotatable bonds is 17. The number of hydrogen-bond acceptors (Lipinski definition) is 3. The maximum Gasteiger partial charge on any atom is 0.217 e. The summed E-state index contributed by atoms with van der Waals surface area (Å²) in [7, 11) is 0. The maximum atomic E-state index is 10.6. The molecule has 0 aliphatic carbocycles. The van der Waals surface area contributed by atoms with Gasteiger partial charge in [-0.1, -0.05) is 57.1 Å². The summed E-state index contributed by atoms with van der Waals surface area (Å²) >= 11 is 0. The van der Waals surface area contributed by atoms with Gasteiger partial charge in [0, 0.05) is 32.6 Å². The van der Waals surface area contributed by atoms with E-state index in [1.54, 1.807) is 0 Å². The lowest BCUT2D eigenvalue weighted by molar-refractivity contribution is -0.118. The molecule has 26 heavy (non-hydrogen) atoms. The van der Waals surface area contributed by atoms with Gasteiger partial charge in [-0.05, 0) is 45.1 Å². The van der Waals surface area contributed by atoms with Gasteiger partial charge in [-0.25, -0.2) is 0 Å². The van der Waals surface area contributed by atoms with Crippen LogP contribution in [0.5, 0.6) is 0 Å². The number of carbonyl (C=O) groups is 1. The summed E-state index contributed by atoms with van der Waals surface area (Å²) < 4.78 is 0. The number of nitrogens with one attached hydrogen (secondary N) is 1. The minimum atomic E-state index is -0.164. The van der Waals surface area contributed by atoms with Gasteiger partial charge >= 0.3 is 0 Å². The summed E-state index contributed by atoms with van der Waals surface area (Å²) in [6, 6.07) is 0. The van der Waals surface area contributed by atoms with E-state index in [9.17, 15) is 4.79 Å². The van der Waals surface area contributed by atoms with Gasteiger partial charge in [0.1, 0.15) is 0 Å². The molecule has 1 fully saturated rings. The highest BCUT2D eigenvalue weighted by atomic mass is 16.1. The third-order valence-electron chi connectivity index (χ3n) is 5.27. The number of piperazine rings is 1. The molecule has 0 spiro atoms. The van der Waals surface area contributed by atoms with Crippen LogP contribution >= 0.6 is 0 Å². The Kier molecular flexibility index (Phi) is 15.6. The summed E-state index contributed by atoms with van der Waals surface area (Å²) in [4.78, 5) is 13.2. The Labute approximate surface area is 162 Å². The predicted octanol–water partition coefficient (Wildman–Crippen LogP) is 4.39. The van der Waals surface area contributed by atoms with E-state index in [0.717, 1.165) is 12.8 Å². The van der Waals surface area contributed by atoms with Crippen molar-refractivity contribution < 1.29 is 4.79 Å². The molecule has 1 saturated heterocycles. The third-order valence-corrected chi connectivity index (χ3v) is 5.27. The van der Waals surface area contributed by atoms with Gasteiger partial charge < -0.3 is 16.0 Å². The number of primary amides is 1. The van der Waals surface area contributed by atoms with Gasteiger partial charge in [0.05, 0.1) is 0 Å². The molecule has 1 rings (SSSR count). The second kappa shape index (κ2) is 17.5. The Morgan fingerprint density at radius 2 is 1.27 bits per heavy atom. The van der Waals surface area contributed by atoms with Crippen LogP contribution in [0.15, 0.2) is 12.2 Å². The molecule has 0 aromatic carbocycles. The summed E-state index contributed by atoms with van der Waals surface area (Å²) in [6.07, 6.45) is 22.0. The van der Waals surface area contributed by atoms with E-state index in [2.05, 4.69) is 22.4 Å². The second-order valence-electron chi connectivity index (χ2n) is 7.75. The number of amides is 1. The van der Waals surface area contributed by atoms with Crippen molar-refractivity contribution in [3.63, 3.8) is 0 Å². The number of unbranched alkanes of at least 4 members (excludes halogenated alkanes) is 11. The highest BCUT2D eigenvalue weighted by molar-refractivity contribution is 5.73. The van der Waals surface area contributed by atoms with Crippen molar-refractivity contribution in [1.29, 1.82) is 0 Å². The summed E-state index contributed by atoms with van der Waals surface area (Å²) in [5.41, 5.74) is 5.13. The minimum Gasteiger partial charge on any atom is -0.370 e. The smallest absolute Gasteiger partial charge is 0.217 e. The number of allylic oxidation sites excluding steroid dienone is 2. The number of nitrogens with zero attached hydrogens (tertiary/aromatic N) is 1. The van der Waals surface area contributed by atoms with E-state index in [0.29, 0.717) is 6.42 Å². The molecule has 0 aromatic rings. The fraction of sp³-hybridized carbons (Fsp3) is 0.864. The van der Waals surface area contributed by atoms with Crippen molar-refractivity contribution in [2.75, 3.05) is 32.7 Å². The van der Waals surface area contributed by atoms with Crippen molar-refractivity contribution in [1.82, 2.24) is 10.2 Å². The van der Waals surface area contributed by atoms with E-state index in [4.69, 9.17) is 5.73 Å². The predicted molar refractivity (Wildman–Crippen MR) is 112 cm³/mol. The van der Waals surface area contributed by atoms with Crippen LogP contribution in [0.25, 0.3) is 0 Å². The minimum absolute atomic E-state index is 0.164. The van der Waals surface area contributed by atoms with Crippen molar-refractivity contribution in [3.05, 3.63) is 12.2 Å². The van der Waals surface area contributed by atoms with E-state index < -0.39 is 0 Å². The quantitative estimate of drug-likeness (QED) is 0.297. The monoisotopic (exact) mass is 365 g/mol. The van der Waals surface area contributed by atoms with Gasteiger partial charge in [0.2, 0.25) is 5.91 Å². The molecule has 3 N–H and O–H groups in total. The summed E-state index contributed by atoms with van der Waals surface area (Å²) in [6.45, 7) is 6.12. The first kappa shape index (κ1) is 23.2. The summed E-state index contributed by atoms with van der Waals surface area (Å²) in [5, 5.41) is 3.41. The molecule has 0 unspecified atom stereocenters. The molecule has 152 valence electrons. The topological polar surface area (TPSA) is 58.4 Å². The van der Waals surface area contributed by atoms with Crippen LogP contribution in [0, 0.1) is 0 Å². The van der Waals surface area contributed by atoms with Crippen molar-refractivity contribution in [3.8, 4) is 0 Å². The number of nitrogens with two attached hydrogens (primary N) is 1. The molecule has 4 nitrogen and oxygen atoms in total. The molecule has 1 aliphatic rings. The average molecular weight is 366 g/mol. The molecule has 4 heteroatoms. The standard InChI is InChI=1S/C22H43N3O/c23-22(26)16-14-12-10-8-6-4-2-1-3-5-7-9-11-13-15-19-25-20-17-24-18-21-25/h1-2,24H,3-21H2,(H2,23,26)/b2-1-. The zero-order valence-corrected chi connectivity index (χ0v) is 17.0. The van der Waals surface area contributed by atoms with Crippen LogP contribution in [0.1, 0.15) is 89.9 Å². The highest BCUT2D eigenvalue weighted by Gasteiger charge is 2.07. The van der Waals surface area contributed by atoms with Crippen LogP contribution in [0.4, 0.5) is 0 Å². The molecule has 1 aliphatic heterocycles. The molecular weight excluding hydrogens is 322 g/mol. The zero-order chi connectivity index (χ0) is 18.7. The van der Waals surface area contributed by atoms with Crippen LogP contribution in [0.3, 0.4) is 0 Å². The lowest BCUT2D eigenvalue weighted by atomic mass is 10.1. The molecular formula is C22H43N3O. The molecule has 0 radical (unpaired) electrons. The molecule has 0 aromatic heterocycles. The fourth-order valence-electron chi connectivity index (χ4n) is 3.57. The second-order valence-corrected chi connectivity index (χ2v) is 7.75. The van der Waals surface area contributed by atoms with Crippen LogP contribution in [-0.2, 0) is 4.79 Å². The van der Waals surface area contributed by atoms with Crippen LogP contribution in [-0.4, -0.2) is 43.5 Å². The lowest BCUT2D eigenvalue weighted by Gasteiger charge is -2.27. The van der Waals surface area contributed by atoms with Crippen LogP contribution < -0.4 is 11.1 Å². The van der Waals surface area contributed by atoms with Gasteiger partial charge in [-0.2, -0.15) is 0 Å². The van der Waals surface area contributed by atoms with Crippen molar-refractivity contribution in [2.24, 2.45) is 5.73 Å². The van der Waals surface area contributed by atoms with Gasteiger partial charge in [0.15, 0.2) is 0 Å². The van der Waals surface area contributed by atoms with Gasteiger partial charge in [-0.3, -0.25) is 4.79 Å². The Hall–Kier alpha value is -0.870. The Morgan fingerprint density at radius 3 is 1.85 bits per heavy atom. The van der Waals surface area contributed by atoms with Gasteiger partial charge in [0.25, 0.3) is 0 Å². The van der Waals surface area contributed by atoms with Crippen molar-refractivity contribution >= 4 is 5.91 Å². The lowest BCUT2D eigenvalue weighted by Crippen LogP contribution is -2.43. The maximum absolute atomic E-state index is 10.6. The SMILES string of the molecule is NC(=O)CCCCCCC/C=C\CCCCCCCCN1CCNCC1. The first-order chi connectivity index (χ1) is 12.8. The average Bonchev–Trinajstić information content (AvgIpc) is 2.65. The highest BCUT2D eigenvalue weighted by Crippen LogP contribution is 2.10.